The number of hydrogen-bond donors (Lipinski definition) is 2. The highest BCUT2D eigenvalue weighted by atomic mass is 32.2. The number of benzene rings is 2. The second kappa shape index (κ2) is 7.58. The van der Waals surface area contributed by atoms with Crippen molar-refractivity contribution in [2.75, 3.05) is 5.32 Å². The molecule has 1 aliphatic heterocycles. The maximum absolute atomic E-state index is 12.4. The third-order valence-corrected chi connectivity index (χ3v) is 4.87. The molecule has 0 radical (unpaired) electrons. The molecule has 1 fully saturated rings. The minimum atomic E-state index is -0.357. The Labute approximate surface area is 155 Å². The fourth-order valence-corrected chi connectivity index (χ4v) is 3.27. The largest absolute Gasteiger partial charge is 0.322 e. The van der Waals surface area contributed by atoms with Gasteiger partial charge < -0.3 is 5.32 Å². The number of allylic oxidation sites excluding steroid dienone is 1. The van der Waals surface area contributed by atoms with E-state index in [4.69, 9.17) is 0 Å². The molecule has 2 N–H and O–H groups in total. The van der Waals surface area contributed by atoms with Gasteiger partial charge in [-0.3, -0.25) is 19.7 Å². The molecule has 3 amide bonds. The Morgan fingerprint density at radius 1 is 1.12 bits per heavy atom. The monoisotopic (exact) mass is 366 g/mol. The molecule has 0 spiro atoms. The smallest absolute Gasteiger partial charge is 0.290 e. The van der Waals surface area contributed by atoms with Crippen LogP contribution >= 0.6 is 11.8 Å². The second-order valence-corrected chi connectivity index (χ2v) is 7.10. The summed E-state index contributed by atoms with van der Waals surface area (Å²) < 4.78 is 0. The van der Waals surface area contributed by atoms with Crippen molar-refractivity contribution < 1.29 is 14.4 Å². The number of carbonyl (C=O) groups excluding carboxylic acids is 3. The van der Waals surface area contributed by atoms with E-state index in [2.05, 4.69) is 10.6 Å². The molecule has 2 aromatic carbocycles. The second-order valence-electron chi connectivity index (χ2n) is 6.09. The number of rotatable bonds is 4. The number of aryl methyl sites for hydroxylation is 2. The lowest BCUT2D eigenvalue weighted by molar-refractivity contribution is -0.115. The molecular formula is C20H18N2O3S. The van der Waals surface area contributed by atoms with Crippen LogP contribution in [-0.4, -0.2) is 17.1 Å². The van der Waals surface area contributed by atoms with Crippen molar-refractivity contribution in [2.45, 2.75) is 20.3 Å². The summed E-state index contributed by atoms with van der Waals surface area (Å²) in [5, 5.41) is 4.79. The van der Waals surface area contributed by atoms with E-state index in [9.17, 15) is 14.4 Å². The van der Waals surface area contributed by atoms with Gasteiger partial charge in [-0.15, -0.1) is 0 Å². The molecule has 0 saturated carbocycles. The predicted octanol–water partition coefficient (Wildman–Crippen LogP) is 3.97. The summed E-state index contributed by atoms with van der Waals surface area (Å²) in [5.74, 6) is -0.525. The third kappa shape index (κ3) is 4.21. The van der Waals surface area contributed by atoms with E-state index in [1.54, 1.807) is 18.2 Å². The van der Waals surface area contributed by atoms with E-state index in [-0.39, 0.29) is 17.1 Å². The number of amides is 3. The van der Waals surface area contributed by atoms with Crippen molar-refractivity contribution in [1.29, 1.82) is 0 Å². The third-order valence-electron chi connectivity index (χ3n) is 4.01. The highest BCUT2D eigenvalue weighted by Gasteiger charge is 2.24. The number of imide groups is 1. The molecule has 26 heavy (non-hydrogen) atoms. The number of thioether (sulfide) groups is 1. The maximum atomic E-state index is 12.4. The molecule has 3 rings (SSSR count). The fourth-order valence-electron chi connectivity index (χ4n) is 2.61. The summed E-state index contributed by atoms with van der Waals surface area (Å²) in [5.41, 5.74) is 4.47. The Bertz CT molecular complexity index is 917. The van der Waals surface area contributed by atoms with Crippen LogP contribution in [0.1, 0.15) is 27.0 Å². The van der Waals surface area contributed by atoms with Gasteiger partial charge in [0.05, 0.1) is 4.91 Å². The molecule has 0 aliphatic carbocycles. The average molecular weight is 366 g/mol. The Morgan fingerprint density at radius 3 is 2.46 bits per heavy atom. The molecule has 132 valence electrons. The van der Waals surface area contributed by atoms with E-state index in [1.807, 2.05) is 44.2 Å². The molecule has 0 unspecified atom stereocenters. The van der Waals surface area contributed by atoms with Gasteiger partial charge in [-0.25, -0.2) is 0 Å². The van der Waals surface area contributed by atoms with Gasteiger partial charge in [-0.05, 0) is 61.4 Å². The molecule has 1 heterocycles. The van der Waals surface area contributed by atoms with E-state index < -0.39 is 0 Å². The SMILES string of the molecule is Cc1ccc(NC(=O)c2ccc(C/C=C3\SC(=O)NC3=O)cc2)c(C)c1. The molecule has 0 bridgehead atoms. The number of hydrogen-bond acceptors (Lipinski definition) is 4. The minimum Gasteiger partial charge on any atom is -0.322 e. The van der Waals surface area contributed by atoms with Crippen LogP contribution < -0.4 is 10.6 Å². The number of nitrogens with one attached hydrogen (secondary N) is 2. The van der Waals surface area contributed by atoms with Crippen LogP contribution in [0, 0.1) is 13.8 Å². The van der Waals surface area contributed by atoms with E-state index in [1.165, 1.54) is 0 Å². The van der Waals surface area contributed by atoms with Gasteiger partial charge in [-0.2, -0.15) is 0 Å². The van der Waals surface area contributed by atoms with Gasteiger partial charge in [-0.1, -0.05) is 35.9 Å². The van der Waals surface area contributed by atoms with Crippen molar-refractivity contribution in [3.63, 3.8) is 0 Å². The van der Waals surface area contributed by atoms with Crippen LogP contribution in [0.25, 0.3) is 0 Å². The zero-order chi connectivity index (χ0) is 18.7. The summed E-state index contributed by atoms with van der Waals surface area (Å²) in [7, 11) is 0. The topological polar surface area (TPSA) is 75.3 Å². The first-order valence-electron chi connectivity index (χ1n) is 8.13. The standard InChI is InChI=1S/C20H18N2O3S/c1-12-3-9-16(13(2)11-12)21-18(23)15-7-4-14(5-8-15)6-10-17-19(24)22-20(25)26-17/h3-5,7-11H,6H2,1-2H3,(H,21,23)(H,22,24,25)/b17-10-. The lowest BCUT2D eigenvalue weighted by Crippen LogP contribution is -2.17. The Kier molecular flexibility index (Phi) is 5.23. The van der Waals surface area contributed by atoms with Crippen LogP contribution in [0.5, 0.6) is 0 Å². The van der Waals surface area contributed by atoms with Crippen molar-refractivity contribution in [2.24, 2.45) is 0 Å². The van der Waals surface area contributed by atoms with Crippen molar-refractivity contribution in [3.05, 3.63) is 75.7 Å². The van der Waals surface area contributed by atoms with Crippen LogP contribution in [0.4, 0.5) is 10.5 Å². The summed E-state index contributed by atoms with van der Waals surface area (Å²) in [4.78, 5) is 35.4. The average Bonchev–Trinajstić information content (AvgIpc) is 2.93. The summed E-state index contributed by atoms with van der Waals surface area (Å²) >= 11 is 0.902. The van der Waals surface area contributed by atoms with Crippen molar-refractivity contribution in [1.82, 2.24) is 5.32 Å². The molecule has 2 aromatic rings. The zero-order valence-electron chi connectivity index (χ0n) is 14.5. The molecule has 6 heteroatoms. The van der Waals surface area contributed by atoms with Gasteiger partial charge >= 0.3 is 0 Å². The van der Waals surface area contributed by atoms with Gasteiger partial charge in [0.1, 0.15) is 0 Å². The summed E-state index contributed by atoms with van der Waals surface area (Å²) in [6, 6.07) is 13.1. The van der Waals surface area contributed by atoms with Crippen molar-refractivity contribution >= 4 is 34.5 Å². The first-order chi connectivity index (χ1) is 12.4. The number of carbonyl (C=O) groups is 3. The van der Waals surface area contributed by atoms with Crippen LogP contribution in [0.2, 0.25) is 0 Å². The first kappa shape index (κ1) is 17.9. The molecule has 0 aromatic heterocycles. The molecule has 5 nitrogen and oxygen atoms in total. The van der Waals surface area contributed by atoms with E-state index >= 15 is 0 Å². The van der Waals surface area contributed by atoms with Crippen LogP contribution in [-0.2, 0) is 11.2 Å². The van der Waals surface area contributed by atoms with Gasteiger partial charge in [0, 0.05) is 11.3 Å². The molecule has 1 aliphatic rings. The van der Waals surface area contributed by atoms with E-state index in [0.29, 0.717) is 16.9 Å². The lowest BCUT2D eigenvalue weighted by Gasteiger charge is -2.09. The maximum Gasteiger partial charge on any atom is 0.290 e. The summed E-state index contributed by atoms with van der Waals surface area (Å²) in [6.45, 7) is 3.97. The molecule has 0 atom stereocenters. The van der Waals surface area contributed by atoms with Gasteiger partial charge in [0.2, 0.25) is 0 Å². The lowest BCUT2D eigenvalue weighted by atomic mass is 10.1. The molecular weight excluding hydrogens is 348 g/mol. The fraction of sp³-hybridized carbons (Fsp3) is 0.150. The van der Waals surface area contributed by atoms with Crippen LogP contribution in [0.15, 0.2) is 53.4 Å². The zero-order valence-corrected chi connectivity index (χ0v) is 15.3. The Balaban J connectivity index is 1.65. The first-order valence-corrected chi connectivity index (χ1v) is 8.95. The highest BCUT2D eigenvalue weighted by Crippen LogP contribution is 2.23. The Hall–Kier alpha value is -2.86. The van der Waals surface area contributed by atoms with Gasteiger partial charge in [0.25, 0.3) is 17.1 Å². The van der Waals surface area contributed by atoms with Gasteiger partial charge in [0.15, 0.2) is 0 Å². The van der Waals surface area contributed by atoms with E-state index in [0.717, 1.165) is 34.1 Å². The normalized spacial score (nSPS) is 15.2. The highest BCUT2D eigenvalue weighted by molar-refractivity contribution is 8.18. The quantitative estimate of drug-likeness (QED) is 0.803. The minimum absolute atomic E-state index is 0.168. The molecule has 1 saturated heterocycles. The predicted molar refractivity (Wildman–Crippen MR) is 103 cm³/mol. The summed E-state index contributed by atoms with van der Waals surface area (Å²) in [6.07, 6.45) is 2.23. The van der Waals surface area contributed by atoms with Crippen LogP contribution in [0.3, 0.4) is 0 Å². The number of anilines is 1. The Morgan fingerprint density at radius 2 is 1.85 bits per heavy atom. The van der Waals surface area contributed by atoms with Crippen molar-refractivity contribution in [3.8, 4) is 0 Å².